The second-order valence-electron chi connectivity index (χ2n) is 2.74. The Morgan fingerprint density at radius 3 is 2.36 bits per heavy atom. The molecule has 0 aliphatic rings. The molecule has 0 aliphatic carbocycles. The van der Waals surface area contributed by atoms with Gasteiger partial charge in [-0.05, 0) is 18.6 Å². The quantitative estimate of drug-likeness (QED) is 0.722. The van der Waals surface area contributed by atoms with E-state index in [1.807, 2.05) is 0 Å². The number of phenolic OH excluding ortho intramolecular Hbond substituents is 1. The van der Waals surface area contributed by atoms with E-state index < -0.39 is 20.8 Å². The third-order valence-corrected chi connectivity index (χ3v) is 2.66. The third kappa shape index (κ3) is 1.80. The van der Waals surface area contributed by atoms with Crippen molar-refractivity contribution < 1.29 is 22.8 Å². The zero-order chi connectivity index (χ0) is 10.9. The maximum atomic E-state index is 10.8. The van der Waals surface area contributed by atoms with Crippen molar-refractivity contribution in [3.63, 3.8) is 0 Å². The smallest absolute Gasteiger partial charge is 0.298 e. The summed E-state index contributed by atoms with van der Waals surface area (Å²) in [4.78, 5) is -0.556. The normalized spacial score (nSPS) is 11.4. The van der Waals surface area contributed by atoms with Crippen LogP contribution in [0.15, 0.2) is 17.0 Å². The van der Waals surface area contributed by atoms with Gasteiger partial charge in [0.15, 0.2) is 11.5 Å². The van der Waals surface area contributed by atoms with Crippen molar-refractivity contribution in [2.24, 2.45) is 0 Å². The first kappa shape index (κ1) is 10.8. The van der Waals surface area contributed by atoms with E-state index in [9.17, 15) is 13.5 Å². The molecule has 6 heteroatoms. The minimum atomic E-state index is -4.41. The second-order valence-corrected chi connectivity index (χ2v) is 4.13. The summed E-state index contributed by atoms with van der Waals surface area (Å²) in [6, 6.07) is 2.55. The number of hydrogen-bond donors (Lipinski definition) is 2. The predicted octanol–water partition coefficient (Wildman–Crippen LogP) is 0.956. The maximum absolute atomic E-state index is 10.8. The van der Waals surface area contributed by atoms with Crippen LogP contribution in [0.5, 0.6) is 11.5 Å². The predicted molar refractivity (Wildman–Crippen MR) is 49.2 cm³/mol. The summed E-state index contributed by atoms with van der Waals surface area (Å²) >= 11 is 0. The Labute approximate surface area is 81.7 Å². The van der Waals surface area contributed by atoms with Crippen LogP contribution < -0.4 is 4.74 Å². The van der Waals surface area contributed by atoms with Crippen molar-refractivity contribution >= 4 is 10.1 Å². The van der Waals surface area contributed by atoms with E-state index in [2.05, 4.69) is 0 Å². The molecule has 78 valence electrons. The number of hydrogen-bond acceptors (Lipinski definition) is 4. The van der Waals surface area contributed by atoms with Crippen molar-refractivity contribution in [3.8, 4) is 11.5 Å². The second kappa shape index (κ2) is 3.47. The number of phenols is 1. The number of ether oxygens (including phenoxy) is 1. The Bertz CT molecular complexity index is 449. The average Bonchev–Trinajstić information content (AvgIpc) is 2.02. The number of methoxy groups -OCH3 is 1. The van der Waals surface area contributed by atoms with Crippen LogP contribution in [-0.4, -0.2) is 25.2 Å². The topological polar surface area (TPSA) is 83.8 Å². The molecule has 0 aliphatic heterocycles. The van der Waals surface area contributed by atoms with Gasteiger partial charge in [-0.1, -0.05) is 6.07 Å². The molecule has 0 saturated heterocycles. The summed E-state index contributed by atoms with van der Waals surface area (Å²) in [6.07, 6.45) is 0. The summed E-state index contributed by atoms with van der Waals surface area (Å²) in [6.45, 7) is 1.65. The van der Waals surface area contributed by atoms with Crippen molar-refractivity contribution in [2.75, 3.05) is 7.11 Å². The Hall–Kier alpha value is -1.27. The molecular weight excluding hydrogens is 208 g/mol. The Kier molecular flexibility index (Phi) is 2.68. The molecule has 0 spiro atoms. The van der Waals surface area contributed by atoms with Gasteiger partial charge >= 0.3 is 0 Å². The Balaban J connectivity index is 3.52. The number of aryl methyl sites for hydroxylation is 1. The SMILES string of the molecule is COc1c(C)ccc(S(=O)(=O)O)c1O. The first-order chi connectivity index (χ1) is 6.38. The molecule has 0 fully saturated rings. The minimum Gasteiger partial charge on any atom is -0.503 e. The van der Waals surface area contributed by atoms with Crippen LogP contribution in [0.2, 0.25) is 0 Å². The van der Waals surface area contributed by atoms with Gasteiger partial charge in [-0.3, -0.25) is 4.55 Å². The zero-order valence-electron chi connectivity index (χ0n) is 7.68. The van der Waals surface area contributed by atoms with Crippen molar-refractivity contribution in [3.05, 3.63) is 17.7 Å². The summed E-state index contributed by atoms with van der Waals surface area (Å²) in [5.74, 6) is -0.532. The molecule has 1 aromatic rings. The molecule has 0 unspecified atom stereocenters. The van der Waals surface area contributed by atoms with Gasteiger partial charge in [0.2, 0.25) is 0 Å². The fourth-order valence-electron chi connectivity index (χ4n) is 1.12. The molecule has 0 radical (unpaired) electrons. The maximum Gasteiger partial charge on any atom is 0.298 e. The van der Waals surface area contributed by atoms with Gasteiger partial charge in [0.1, 0.15) is 4.90 Å². The van der Waals surface area contributed by atoms with Crippen LogP contribution in [0.4, 0.5) is 0 Å². The van der Waals surface area contributed by atoms with Gasteiger partial charge < -0.3 is 9.84 Å². The molecule has 5 nitrogen and oxygen atoms in total. The fourth-order valence-corrected chi connectivity index (χ4v) is 1.70. The van der Waals surface area contributed by atoms with Crippen LogP contribution in [0.25, 0.3) is 0 Å². The van der Waals surface area contributed by atoms with Gasteiger partial charge in [0, 0.05) is 0 Å². The van der Waals surface area contributed by atoms with Gasteiger partial charge in [0.25, 0.3) is 10.1 Å². The third-order valence-electron chi connectivity index (χ3n) is 1.77. The van der Waals surface area contributed by atoms with Gasteiger partial charge in [-0.2, -0.15) is 8.42 Å². The van der Waals surface area contributed by atoms with Gasteiger partial charge in [-0.15, -0.1) is 0 Å². The Morgan fingerprint density at radius 1 is 1.36 bits per heavy atom. The number of benzene rings is 1. The molecule has 1 rings (SSSR count). The Morgan fingerprint density at radius 2 is 1.93 bits per heavy atom. The monoisotopic (exact) mass is 218 g/mol. The molecule has 0 amide bonds. The zero-order valence-corrected chi connectivity index (χ0v) is 8.50. The van der Waals surface area contributed by atoms with Crippen LogP contribution in [0.3, 0.4) is 0 Å². The highest BCUT2D eigenvalue weighted by molar-refractivity contribution is 7.86. The molecule has 2 N–H and O–H groups in total. The number of rotatable bonds is 2. The van der Waals surface area contributed by atoms with E-state index in [1.165, 1.54) is 13.2 Å². The highest BCUT2D eigenvalue weighted by Gasteiger charge is 2.19. The number of aromatic hydroxyl groups is 1. The lowest BCUT2D eigenvalue weighted by Gasteiger charge is -2.09. The highest BCUT2D eigenvalue weighted by Crippen LogP contribution is 2.35. The van der Waals surface area contributed by atoms with Crippen LogP contribution in [0.1, 0.15) is 5.56 Å². The van der Waals surface area contributed by atoms with E-state index in [4.69, 9.17) is 9.29 Å². The van der Waals surface area contributed by atoms with Crippen molar-refractivity contribution in [2.45, 2.75) is 11.8 Å². The first-order valence-corrected chi connectivity index (χ1v) is 5.16. The summed E-state index contributed by atoms with van der Waals surface area (Å²) in [7, 11) is -3.11. The molecule has 14 heavy (non-hydrogen) atoms. The summed E-state index contributed by atoms with van der Waals surface area (Å²) < 4.78 is 35.1. The van der Waals surface area contributed by atoms with E-state index in [0.29, 0.717) is 5.56 Å². The van der Waals surface area contributed by atoms with E-state index >= 15 is 0 Å². The molecule has 0 saturated carbocycles. The summed E-state index contributed by atoms with van der Waals surface area (Å²) in [5, 5.41) is 9.44. The molecule has 0 bridgehead atoms. The molecule has 1 aromatic carbocycles. The average molecular weight is 218 g/mol. The highest BCUT2D eigenvalue weighted by atomic mass is 32.2. The molecule has 0 aromatic heterocycles. The van der Waals surface area contributed by atoms with Crippen molar-refractivity contribution in [1.29, 1.82) is 0 Å². The van der Waals surface area contributed by atoms with Gasteiger partial charge in [-0.25, -0.2) is 0 Å². The summed E-state index contributed by atoms with van der Waals surface area (Å²) in [5.41, 5.74) is 0.581. The lowest BCUT2D eigenvalue weighted by atomic mass is 10.2. The van der Waals surface area contributed by atoms with E-state index in [1.54, 1.807) is 6.92 Å². The van der Waals surface area contributed by atoms with Gasteiger partial charge in [0.05, 0.1) is 7.11 Å². The first-order valence-electron chi connectivity index (χ1n) is 3.72. The van der Waals surface area contributed by atoms with Crippen LogP contribution in [0, 0.1) is 6.92 Å². The minimum absolute atomic E-state index is 0.0418. The fraction of sp³-hybridized carbons (Fsp3) is 0.250. The lowest BCUT2D eigenvalue weighted by Crippen LogP contribution is -2.00. The lowest BCUT2D eigenvalue weighted by molar-refractivity contribution is 0.361. The largest absolute Gasteiger partial charge is 0.503 e. The van der Waals surface area contributed by atoms with Crippen molar-refractivity contribution in [1.82, 2.24) is 0 Å². The van der Waals surface area contributed by atoms with E-state index in [0.717, 1.165) is 6.07 Å². The van der Waals surface area contributed by atoms with Crippen LogP contribution in [-0.2, 0) is 10.1 Å². The standard InChI is InChI=1S/C8H10O5S/c1-5-3-4-6(14(10,11)12)7(9)8(5)13-2/h3-4,9H,1-2H3,(H,10,11,12). The molecular formula is C8H10O5S. The molecule has 0 heterocycles. The molecule has 0 atom stereocenters. The van der Waals surface area contributed by atoms with Crippen LogP contribution >= 0.6 is 0 Å². The van der Waals surface area contributed by atoms with E-state index in [-0.39, 0.29) is 5.75 Å².